The van der Waals surface area contributed by atoms with Crippen molar-refractivity contribution in [2.45, 2.75) is 18.9 Å². The number of aliphatic hydroxyl groups is 1. The fourth-order valence-electron chi connectivity index (χ4n) is 1.70. The summed E-state index contributed by atoms with van der Waals surface area (Å²) < 4.78 is 5.16. The van der Waals surface area contributed by atoms with Crippen LogP contribution < -0.4 is 4.90 Å². The Labute approximate surface area is 86.9 Å². The molecule has 0 amide bonds. The third kappa shape index (κ3) is 2.12. The normalized spacial score (nSPS) is 18.1. The van der Waals surface area contributed by atoms with E-state index in [1.165, 1.54) is 6.07 Å². The van der Waals surface area contributed by atoms with Crippen LogP contribution in [0.25, 0.3) is 0 Å². The molecule has 1 aliphatic rings. The number of hydrogen-bond donors (Lipinski definition) is 2. The van der Waals surface area contributed by atoms with Crippen molar-refractivity contribution in [2.75, 3.05) is 18.0 Å². The molecule has 1 aliphatic heterocycles. The molecular formula is C10H13NO4. The minimum absolute atomic E-state index is 0.0453. The molecule has 0 radical (unpaired) electrons. The molecule has 1 aromatic rings. The molecule has 1 aromatic heterocycles. The number of piperidine rings is 1. The number of nitrogens with zero attached hydrogens (tertiary/aromatic N) is 1. The lowest BCUT2D eigenvalue weighted by molar-refractivity contribution is 0.0662. The molecule has 0 atom stereocenters. The maximum atomic E-state index is 10.6. The molecule has 0 aliphatic carbocycles. The lowest BCUT2D eigenvalue weighted by atomic mass is 10.1. The molecule has 0 saturated carbocycles. The number of carboxylic acids is 1. The van der Waals surface area contributed by atoms with E-state index in [1.807, 2.05) is 4.90 Å². The van der Waals surface area contributed by atoms with Gasteiger partial charge in [0.2, 0.25) is 5.76 Å². The summed E-state index contributed by atoms with van der Waals surface area (Å²) in [5.74, 6) is -0.534. The first kappa shape index (κ1) is 10.0. The van der Waals surface area contributed by atoms with Crippen LogP contribution in [0.1, 0.15) is 23.4 Å². The Morgan fingerprint density at radius 1 is 1.40 bits per heavy atom. The smallest absolute Gasteiger partial charge is 0.371 e. The minimum Gasteiger partial charge on any atom is -0.475 e. The second-order valence-corrected chi connectivity index (χ2v) is 3.66. The van der Waals surface area contributed by atoms with Gasteiger partial charge in [-0.1, -0.05) is 0 Å². The summed E-state index contributed by atoms with van der Waals surface area (Å²) in [5, 5.41) is 18.0. The number of aliphatic hydroxyl groups excluding tert-OH is 1. The van der Waals surface area contributed by atoms with Gasteiger partial charge < -0.3 is 19.5 Å². The average molecular weight is 211 g/mol. The van der Waals surface area contributed by atoms with Crippen LogP contribution in [0.4, 0.5) is 5.88 Å². The van der Waals surface area contributed by atoms with Crippen molar-refractivity contribution >= 4 is 11.9 Å². The summed E-state index contributed by atoms with van der Waals surface area (Å²) in [6.07, 6.45) is 1.15. The largest absolute Gasteiger partial charge is 0.475 e. The summed E-state index contributed by atoms with van der Waals surface area (Å²) in [6, 6.07) is 3.10. The van der Waals surface area contributed by atoms with Crippen molar-refractivity contribution in [3.8, 4) is 0 Å². The number of hydrogen-bond acceptors (Lipinski definition) is 4. The van der Waals surface area contributed by atoms with Crippen molar-refractivity contribution in [2.24, 2.45) is 0 Å². The van der Waals surface area contributed by atoms with E-state index in [0.29, 0.717) is 31.8 Å². The molecular weight excluding hydrogens is 198 g/mol. The number of carboxylic acid groups (broad SMARTS) is 1. The van der Waals surface area contributed by atoms with Gasteiger partial charge in [0.25, 0.3) is 0 Å². The zero-order chi connectivity index (χ0) is 10.8. The van der Waals surface area contributed by atoms with Crippen LogP contribution in [0.5, 0.6) is 0 Å². The lowest BCUT2D eigenvalue weighted by Gasteiger charge is -2.29. The molecule has 0 unspecified atom stereocenters. The van der Waals surface area contributed by atoms with E-state index >= 15 is 0 Å². The Kier molecular flexibility index (Phi) is 2.64. The van der Waals surface area contributed by atoms with E-state index in [4.69, 9.17) is 9.52 Å². The maximum absolute atomic E-state index is 10.6. The van der Waals surface area contributed by atoms with E-state index in [1.54, 1.807) is 6.07 Å². The summed E-state index contributed by atoms with van der Waals surface area (Å²) in [5.41, 5.74) is 0. The molecule has 1 saturated heterocycles. The van der Waals surface area contributed by atoms with Gasteiger partial charge in [0.1, 0.15) is 0 Å². The van der Waals surface area contributed by atoms with Gasteiger partial charge in [0, 0.05) is 19.2 Å². The first-order chi connectivity index (χ1) is 7.16. The molecule has 0 bridgehead atoms. The van der Waals surface area contributed by atoms with Crippen molar-refractivity contribution in [1.29, 1.82) is 0 Å². The van der Waals surface area contributed by atoms with Crippen LogP contribution in [0.15, 0.2) is 16.5 Å². The molecule has 82 valence electrons. The Morgan fingerprint density at radius 2 is 2.07 bits per heavy atom. The van der Waals surface area contributed by atoms with E-state index in [-0.39, 0.29) is 11.9 Å². The first-order valence-electron chi connectivity index (χ1n) is 4.93. The van der Waals surface area contributed by atoms with E-state index in [0.717, 1.165) is 0 Å². The summed E-state index contributed by atoms with van der Waals surface area (Å²) in [4.78, 5) is 12.5. The summed E-state index contributed by atoms with van der Waals surface area (Å²) in [6.45, 7) is 1.40. The Hall–Kier alpha value is -1.49. The highest BCUT2D eigenvalue weighted by atomic mass is 16.4. The molecule has 2 N–H and O–H groups in total. The van der Waals surface area contributed by atoms with Crippen molar-refractivity contribution in [3.05, 3.63) is 17.9 Å². The van der Waals surface area contributed by atoms with Crippen molar-refractivity contribution in [3.63, 3.8) is 0 Å². The number of carbonyl (C=O) groups is 1. The monoisotopic (exact) mass is 211 g/mol. The Balaban J connectivity index is 2.06. The third-order valence-corrected chi connectivity index (χ3v) is 2.58. The van der Waals surface area contributed by atoms with Crippen LogP contribution in [-0.2, 0) is 0 Å². The molecule has 0 aromatic carbocycles. The van der Waals surface area contributed by atoms with Crippen LogP contribution in [0.3, 0.4) is 0 Å². The van der Waals surface area contributed by atoms with Crippen molar-refractivity contribution in [1.82, 2.24) is 0 Å². The first-order valence-corrected chi connectivity index (χ1v) is 4.93. The van der Waals surface area contributed by atoms with Gasteiger partial charge in [0.05, 0.1) is 6.10 Å². The Morgan fingerprint density at radius 3 is 2.60 bits per heavy atom. The zero-order valence-corrected chi connectivity index (χ0v) is 8.22. The van der Waals surface area contributed by atoms with Gasteiger partial charge in [-0.2, -0.15) is 0 Å². The second kappa shape index (κ2) is 3.94. The van der Waals surface area contributed by atoms with Gasteiger partial charge in [-0.05, 0) is 18.9 Å². The number of furan rings is 1. The molecule has 1 fully saturated rings. The predicted octanol–water partition coefficient (Wildman–Crippen LogP) is 0.939. The lowest BCUT2D eigenvalue weighted by Crippen LogP contribution is -2.35. The molecule has 2 heterocycles. The minimum atomic E-state index is -1.06. The van der Waals surface area contributed by atoms with Gasteiger partial charge in [-0.3, -0.25) is 0 Å². The standard InChI is InChI=1S/C10H13NO4/c12-7-3-5-11(6-4-7)9-2-1-8(15-9)10(13)14/h1-2,7,12H,3-6H2,(H,13,14). The average Bonchev–Trinajstić information content (AvgIpc) is 2.68. The topological polar surface area (TPSA) is 73.9 Å². The van der Waals surface area contributed by atoms with E-state index < -0.39 is 5.97 Å². The summed E-state index contributed by atoms with van der Waals surface area (Å²) in [7, 11) is 0. The molecule has 0 spiro atoms. The van der Waals surface area contributed by atoms with Gasteiger partial charge in [-0.25, -0.2) is 4.79 Å². The highest BCUT2D eigenvalue weighted by Gasteiger charge is 2.20. The van der Waals surface area contributed by atoms with E-state index in [2.05, 4.69) is 0 Å². The Bertz CT molecular complexity index is 352. The van der Waals surface area contributed by atoms with Gasteiger partial charge >= 0.3 is 5.97 Å². The third-order valence-electron chi connectivity index (χ3n) is 2.58. The van der Waals surface area contributed by atoms with E-state index in [9.17, 15) is 9.90 Å². The fourth-order valence-corrected chi connectivity index (χ4v) is 1.70. The van der Waals surface area contributed by atoms with Crippen LogP contribution >= 0.6 is 0 Å². The highest BCUT2D eigenvalue weighted by Crippen LogP contribution is 2.22. The van der Waals surface area contributed by atoms with Gasteiger partial charge in [0.15, 0.2) is 5.88 Å². The highest BCUT2D eigenvalue weighted by molar-refractivity contribution is 5.84. The van der Waals surface area contributed by atoms with Crippen LogP contribution in [0.2, 0.25) is 0 Å². The zero-order valence-electron chi connectivity index (χ0n) is 8.22. The SMILES string of the molecule is O=C(O)c1ccc(N2CCC(O)CC2)o1. The number of anilines is 1. The number of rotatable bonds is 2. The summed E-state index contributed by atoms with van der Waals surface area (Å²) >= 11 is 0. The van der Waals surface area contributed by atoms with Crippen LogP contribution in [0, 0.1) is 0 Å². The molecule has 15 heavy (non-hydrogen) atoms. The number of aromatic carboxylic acids is 1. The molecule has 5 nitrogen and oxygen atoms in total. The van der Waals surface area contributed by atoms with Crippen molar-refractivity contribution < 1.29 is 19.4 Å². The maximum Gasteiger partial charge on any atom is 0.371 e. The molecule has 5 heteroatoms. The quantitative estimate of drug-likeness (QED) is 0.761. The van der Waals surface area contributed by atoms with Gasteiger partial charge in [-0.15, -0.1) is 0 Å². The second-order valence-electron chi connectivity index (χ2n) is 3.66. The molecule has 2 rings (SSSR count). The predicted molar refractivity (Wildman–Crippen MR) is 53.1 cm³/mol. The fraction of sp³-hybridized carbons (Fsp3) is 0.500. The van der Waals surface area contributed by atoms with Crippen LogP contribution in [-0.4, -0.2) is 35.4 Å².